The summed E-state index contributed by atoms with van der Waals surface area (Å²) in [7, 11) is 0. The number of carbonyl (C=O) groups is 1. The highest BCUT2D eigenvalue weighted by molar-refractivity contribution is 6.31. The number of halogens is 1. The number of rotatable bonds is 6. The lowest BCUT2D eigenvalue weighted by Crippen LogP contribution is -2.63. The first kappa shape index (κ1) is 26.7. The summed E-state index contributed by atoms with van der Waals surface area (Å²) in [5, 5.41) is 20.2. The van der Waals surface area contributed by atoms with Gasteiger partial charge in [0.1, 0.15) is 12.1 Å². The van der Waals surface area contributed by atoms with Crippen LogP contribution >= 0.6 is 11.6 Å². The van der Waals surface area contributed by atoms with E-state index < -0.39 is 5.60 Å². The number of hydrogen-bond acceptors (Lipinski definition) is 5. The summed E-state index contributed by atoms with van der Waals surface area (Å²) in [4.78, 5) is 13.9. The second-order valence-electron chi connectivity index (χ2n) is 13.9. The van der Waals surface area contributed by atoms with E-state index >= 15 is 0 Å². The van der Waals surface area contributed by atoms with Crippen molar-refractivity contribution in [1.29, 1.82) is 0 Å². The molecule has 4 saturated carbocycles. The molecule has 6 nitrogen and oxygen atoms in total. The Balaban J connectivity index is 1.27. The van der Waals surface area contributed by atoms with Gasteiger partial charge in [0, 0.05) is 23.0 Å². The molecule has 8 atom stereocenters. The minimum atomic E-state index is -0.562. The van der Waals surface area contributed by atoms with E-state index in [1.54, 1.807) is 4.68 Å². The van der Waals surface area contributed by atoms with Crippen molar-refractivity contribution in [3.05, 3.63) is 23.2 Å². The van der Waals surface area contributed by atoms with Crippen LogP contribution in [-0.2, 0) is 16.1 Å². The quantitative estimate of drug-likeness (QED) is 0.453. The van der Waals surface area contributed by atoms with Crippen molar-refractivity contribution >= 4 is 28.4 Å². The van der Waals surface area contributed by atoms with Crippen LogP contribution in [0, 0.1) is 39.9 Å². The van der Waals surface area contributed by atoms with E-state index in [0.29, 0.717) is 22.8 Å². The Morgan fingerprint density at radius 2 is 1.89 bits per heavy atom. The Kier molecular flexibility index (Phi) is 6.52. The number of aliphatic hydroxyl groups is 1. The van der Waals surface area contributed by atoms with Gasteiger partial charge in [0.15, 0.2) is 5.78 Å². The third kappa shape index (κ3) is 3.91. The van der Waals surface area contributed by atoms with Crippen LogP contribution in [0.3, 0.4) is 0 Å². The van der Waals surface area contributed by atoms with Crippen molar-refractivity contribution in [3.8, 4) is 0 Å². The number of carbonyl (C=O) groups excluding carboxylic acids is 1. The summed E-state index contributed by atoms with van der Waals surface area (Å²) in [6, 6.07) is 5.53. The summed E-state index contributed by atoms with van der Waals surface area (Å²) in [6.07, 6.45) is 9.49. The van der Waals surface area contributed by atoms with Gasteiger partial charge in [0.25, 0.3) is 0 Å². The Bertz CT molecular complexity index is 1230. The van der Waals surface area contributed by atoms with Crippen LogP contribution in [0.25, 0.3) is 11.0 Å². The molecule has 2 aromatic rings. The van der Waals surface area contributed by atoms with Crippen molar-refractivity contribution in [2.24, 2.45) is 39.9 Å². The first-order chi connectivity index (χ1) is 18.0. The van der Waals surface area contributed by atoms with Gasteiger partial charge in [-0.15, -0.1) is 5.10 Å². The average molecular weight is 542 g/mol. The molecule has 6 rings (SSSR count). The number of ether oxygens (including phenoxy) is 1. The van der Waals surface area contributed by atoms with Gasteiger partial charge in [-0.25, -0.2) is 4.68 Å². The molecule has 1 aromatic carbocycles. The maximum absolute atomic E-state index is 13.9. The minimum Gasteiger partial charge on any atom is -0.390 e. The van der Waals surface area contributed by atoms with Crippen LogP contribution in [0.5, 0.6) is 0 Å². The molecule has 4 aliphatic carbocycles. The summed E-state index contributed by atoms with van der Waals surface area (Å²) < 4.78 is 7.99. The topological polar surface area (TPSA) is 77.2 Å². The summed E-state index contributed by atoms with van der Waals surface area (Å²) in [6.45, 7) is 10.9. The Hall–Kier alpha value is -1.50. The van der Waals surface area contributed by atoms with Gasteiger partial charge in [0.2, 0.25) is 0 Å². The molecule has 0 unspecified atom stereocenters. The lowest BCUT2D eigenvalue weighted by molar-refractivity contribution is -0.223. The molecule has 1 heterocycles. The maximum atomic E-state index is 13.9. The van der Waals surface area contributed by atoms with Crippen molar-refractivity contribution in [3.63, 3.8) is 0 Å². The van der Waals surface area contributed by atoms with Crippen LogP contribution in [0.15, 0.2) is 18.2 Å². The van der Waals surface area contributed by atoms with Gasteiger partial charge >= 0.3 is 0 Å². The molecule has 1 N–H and O–H groups in total. The number of benzene rings is 1. The summed E-state index contributed by atoms with van der Waals surface area (Å²) in [5.41, 5.74) is 1.36. The molecule has 7 heteroatoms. The fraction of sp³-hybridized carbons (Fsp3) is 0.774. The van der Waals surface area contributed by atoms with Crippen LogP contribution in [0.2, 0.25) is 5.02 Å². The molecular weight excluding hydrogens is 498 g/mol. The Morgan fingerprint density at radius 1 is 1.11 bits per heavy atom. The second-order valence-corrected chi connectivity index (χ2v) is 14.3. The molecule has 0 aliphatic heterocycles. The van der Waals surface area contributed by atoms with E-state index in [-0.39, 0.29) is 34.5 Å². The van der Waals surface area contributed by atoms with Crippen LogP contribution in [-0.4, -0.2) is 44.7 Å². The molecule has 208 valence electrons. The number of ketones is 1. The summed E-state index contributed by atoms with van der Waals surface area (Å²) in [5.74, 6) is 2.01. The molecule has 0 spiro atoms. The van der Waals surface area contributed by atoms with Crippen LogP contribution < -0.4 is 0 Å². The number of hydrogen-bond donors (Lipinski definition) is 1. The summed E-state index contributed by atoms with van der Waals surface area (Å²) >= 11 is 6.23. The van der Waals surface area contributed by atoms with Gasteiger partial charge in [-0.1, -0.05) is 30.7 Å². The predicted molar refractivity (Wildman–Crippen MR) is 149 cm³/mol. The van der Waals surface area contributed by atoms with E-state index in [1.165, 1.54) is 12.8 Å². The maximum Gasteiger partial charge on any atom is 0.157 e. The predicted octanol–water partition coefficient (Wildman–Crippen LogP) is 6.47. The number of nitrogens with zero attached hydrogens (tertiary/aromatic N) is 3. The van der Waals surface area contributed by atoms with E-state index in [0.717, 1.165) is 69.2 Å². The highest BCUT2D eigenvalue weighted by Gasteiger charge is 2.68. The van der Waals surface area contributed by atoms with Crippen LogP contribution in [0.4, 0.5) is 0 Å². The Morgan fingerprint density at radius 3 is 2.68 bits per heavy atom. The largest absolute Gasteiger partial charge is 0.390 e. The fourth-order valence-corrected chi connectivity index (χ4v) is 10.3. The van der Waals surface area contributed by atoms with Crippen LogP contribution in [0.1, 0.15) is 85.5 Å². The smallest absolute Gasteiger partial charge is 0.157 e. The molecule has 0 bridgehead atoms. The van der Waals surface area contributed by atoms with E-state index in [4.69, 9.17) is 16.3 Å². The monoisotopic (exact) mass is 541 g/mol. The third-order valence-electron chi connectivity index (χ3n) is 12.2. The molecule has 1 aromatic heterocycles. The van der Waals surface area contributed by atoms with Crippen molar-refractivity contribution in [1.82, 2.24) is 15.0 Å². The average Bonchev–Trinajstić information content (AvgIpc) is 3.43. The van der Waals surface area contributed by atoms with Gasteiger partial charge in [-0.05, 0) is 118 Å². The normalized spacial score (nSPS) is 42.5. The molecule has 4 fully saturated rings. The van der Waals surface area contributed by atoms with Crippen molar-refractivity contribution in [2.75, 3.05) is 13.2 Å². The molecule has 0 radical (unpaired) electrons. The zero-order chi connectivity index (χ0) is 26.9. The minimum absolute atomic E-state index is 0.0229. The highest BCUT2D eigenvalue weighted by Crippen LogP contribution is 2.73. The lowest BCUT2D eigenvalue weighted by Gasteiger charge is -2.68. The molecular formula is C31H44ClN3O3. The van der Waals surface area contributed by atoms with Gasteiger partial charge in [-0.2, -0.15) is 0 Å². The molecule has 4 aliphatic rings. The van der Waals surface area contributed by atoms with Gasteiger partial charge in [-0.3, -0.25) is 4.79 Å². The first-order valence-corrected chi connectivity index (χ1v) is 15.2. The zero-order valence-electron chi connectivity index (χ0n) is 23.5. The van der Waals surface area contributed by atoms with Crippen molar-refractivity contribution < 1.29 is 14.6 Å². The zero-order valence-corrected chi connectivity index (χ0v) is 24.3. The van der Waals surface area contributed by atoms with Gasteiger partial charge < -0.3 is 9.84 Å². The molecule has 0 saturated heterocycles. The fourth-order valence-electron chi connectivity index (χ4n) is 10.1. The van der Waals surface area contributed by atoms with Gasteiger partial charge in [0.05, 0.1) is 17.7 Å². The SMILES string of the molecule is CCOC[C@]12CC[C@@](C)(O)C[C@@H]1CC[C@H]1[C@@H]3CC[C@H](C(=O)Cn4nnc5ccc(Cl)cc54)[C@@]3(C)CC[C@@]12C. The van der Waals surface area contributed by atoms with E-state index in [2.05, 4.69) is 31.1 Å². The number of fused-ring (bicyclic) bond motifs is 6. The first-order valence-electron chi connectivity index (χ1n) is 14.8. The Labute approximate surface area is 231 Å². The third-order valence-corrected chi connectivity index (χ3v) is 12.4. The standard InChI is InChI=1S/C31H44ClN3O3/c1-5-38-19-31-15-12-28(2,37)17-20(31)6-8-23-22-9-10-24(29(22,3)13-14-30(23,31)4)27(36)18-35-26-16-21(32)7-11-25(26)33-34-35/h7,11,16,20,22-24,37H,5-6,8-10,12-15,17-19H2,1-4H3/t20-,22-,23-,24+,28+,29-,30-,31+/m0/s1. The highest BCUT2D eigenvalue weighted by atomic mass is 35.5. The van der Waals surface area contributed by atoms with E-state index in [9.17, 15) is 9.90 Å². The number of Topliss-reactive ketones (excluding diaryl/α,β-unsaturated/α-hetero) is 1. The van der Waals surface area contributed by atoms with Crippen molar-refractivity contribution in [2.45, 2.75) is 97.6 Å². The molecule has 0 amide bonds. The second kappa shape index (κ2) is 9.27. The van der Waals surface area contributed by atoms with E-state index in [1.807, 2.05) is 25.1 Å². The lowest BCUT2D eigenvalue weighted by atomic mass is 9.37. The number of aromatic nitrogens is 3. The molecule has 38 heavy (non-hydrogen) atoms.